The monoisotopic (exact) mass is 302 g/mol. The molecule has 1 aromatic heterocycles. The van der Waals surface area contributed by atoms with Gasteiger partial charge in [-0.1, -0.05) is 0 Å². The first-order chi connectivity index (χ1) is 10.6. The maximum atomic E-state index is 9.67. The van der Waals surface area contributed by atoms with Crippen molar-refractivity contribution in [1.29, 1.82) is 5.26 Å². The number of hydrogen-bond donors (Lipinski definition) is 1. The molecule has 0 saturated heterocycles. The molecule has 116 valence electrons. The van der Waals surface area contributed by atoms with Gasteiger partial charge in [-0.05, 0) is 31.3 Å². The predicted molar refractivity (Wildman–Crippen MR) is 78.7 cm³/mol. The Morgan fingerprint density at radius 1 is 1.36 bits per heavy atom. The van der Waals surface area contributed by atoms with Crippen molar-refractivity contribution < 1.29 is 14.3 Å². The van der Waals surface area contributed by atoms with Crippen LogP contribution in [0.4, 0.5) is 0 Å². The molecule has 0 bridgehead atoms. The molecule has 0 spiro atoms. The minimum absolute atomic E-state index is 0.282. The van der Waals surface area contributed by atoms with Crippen LogP contribution in [0.5, 0.6) is 0 Å². The van der Waals surface area contributed by atoms with E-state index in [4.69, 9.17) is 14.4 Å². The van der Waals surface area contributed by atoms with Crippen molar-refractivity contribution in [2.75, 3.05) is 27.3 Å². The van der Waals surface area contributed by atoms with Crippen LogP contribution >= 0.6 is 0 Å². The predicted octanol–water partition coefficient (Wildman–Crippen LogP) is 1.05. The van der Waals surface area contributed by atoms with Crippen LogP contribution in [0, 0.1) is 11.3 Å². The van der Waals surface area contributed by atoms with Crippen LogP contribution in [-0.2, 0) is 11.3 Å². The van der Waals surface area contributed by atoms with Crippen molar-refractivity contribution in [3.05, 3.63) is 35.7 Å². The van der Waals surface area contributed by atoms with E-state index in [0.29, 0.717) is 30.4 Å². The molecule has 1 atom stereocenters. The number of aliphatic hydroxyl groups excluding tert-OH is 1. The number of nitriles is 1. The lowest BCUT2D eigenvalue weighted by molar-refractivity contribution is 0.0404. The molecule has 7 heteroatoms. The van der Waals surface area contributed by atoms with Gasteiger partial charge in [0.25, 0.3) is 0 Å². The van der Waals surface area contributed by atoms with E-state index in [-0.39, 0.29) is 6.61 Å². The third-order valence-electron chi connectivity index (χ3n) is 3.01. The van der Waals surface area contributed by atoms with Crippen LogP contribution in [-0.4, -0.2) is 53.6 Å². The summed E-state index contributed by atoms with van der Waals surface area (Å²) >= 11 is 0. The first-order valence-electron chi connectivity index (χ1n) is 6.81. The van der Waals surface area contributed by atoms with Crippen molar-refractivity contribution in [2.24, 2.45) is 0 Å². The minimum atomic E-state index is -0.559. The first kappa shape index (κ1) is 16.1. The number of methoxy groups -OCH3 is 1. The molecule has 1 aromatic carbocycles. The topological polar surface area (TPSA) is 95.4 Å². The molecule has 1 N–H and O–H groups in total. The van der Waals surface area contributed by atoms with Gasteiger partial charge in [0, 0.05) is 19.2 Å². The average Bonchev–Trinajstić information content (AvgIpc) is 2.95. The Morgan fingerprint density at radius 2 is 2.09 bits per heavy atom. The van der Waals surface area contributed by atoms with E-state index in [1.54, 1.807) is 31.4 Å². The Hall–Kier alpha value is -2.27. The van der Waals surface area contributed by atoms with Gasteiger partial charge in [-0.3, -0.25) is 4.90 Å². The van der Waals surface area contributed by atoms with Crippen molar-refractivity contribution in [3.63, 3.8) is 0 Å². The van der Waals surface area contributed by atoms with Gasteiger partial charge < -0.3 is 14.3 Å². The fraction of sp³-hybridized carbons (Fsp3) is 0.400. The summed E-state index contributed by atoms with van der Waals surface area (Å²) < 4.78 is 10.5. The lowest BCUT2D eigenvalue weighted by atomic mass is 10.1. The van der Waals surface area contributed by atoms with E-state index in [2.05, 4.69) is 16.3 Å². The molecular weight excluding hydrogens is 284 g/mol. The Morgan fingerprint density at radius 3 is 2.73 bits per heavy atom. The zero-order valence-electron chi connectivity index (χ0n) is 12.6. The van der Waals surface area contributed by atoms with Gasteiger partial charge in [-0.25, -0.2) is 0 Å². The van der Waals surface area contributed by atoms with Gasteiger partial charge in [0.05, 0.1) is 30.9 Å². The number of aromatic nitrogens is 2. The molecule has 22 heavy (non-hydrogen) atoms. The molecule has 0 aliphatic rings. The minimum Gasteiger partial charge on any atom is -0.419 e. The molecule has 0 fully saturated rings. The molecule has 0 amide bonds. The number of nitrogens with zero attached hydrogens (tertiary/aromatic N) is 4. The van der Waals surface area contributed by atoms with Gasteiger partial charge >= 0.3 is 0 Å². The van der Waals surface area contributed by atoms with Crippen LogP contribution in [0.2, 0.25) is 0 Å². The second kappa shape index (κ2) is 7.66. The second-order valence-electron chi connectivity index (χ2n) is 5.00. The van der Waals surface area contributed by atoms with Gasteiger partial charge in [0.1, 0.15) is 0 Å². The fourth-order valence-electron chi connectivity index (χ4n) is 2.02. The van der Waals surface area contributed by atoms with E-state index in [1.165, 1.54) is 0 Å². The number of aliphatic hydroxyl groups is 1. The Balaban J connectivity index is 1.97. The van der Waals surface area contributed by atoms with Crippen molar-refractivity contribution >= 4 is 0 Å². The highest BCUT2D eigenvalue weighted by Crippen LogP contribution is 2.18. The number of hydrogen-bond acceptors (Lipinski definition) is 7. The van der Waals surface area contributed by atoms with Crippen LogP contribution in [0.1, 0.15) is 11.5 Å². The van der Waals surface area contributed by atoms with Crippen molar-refractivity contribution in [2.45, 2.75) is 12.6 Å². The summed E-state index contributed by atoms with van der Waals surface area (Å²) in [4.78, 5) is 1.87. The quantitative estimate of drug-likeness (QED) is 0.816. The normalized spacial score (nSPS) is 12.3. The van der Waals surface area contributed by atoms with E-state index in [0.717, 1.165) is 5.56 Å². The van der Waals surface area contributed by atoms with E-state index in [9.17, 15) is 5.11 Å². The maximum absolute atomic E-state index is 9.67. The summed E-state index contributed by atoms with van der Waals surface area (Å²) in [5.41, 5.74) is 1.34. The molecule has 0 radical (unpaired) electrons. The molecule has 1 unspecified atom stereocenters. The Kier molecular flexibility index (Phi) is 5.61. The SMILES string of the molecule is COCC(O)CN(C)Cc1nnc(-c2ccc(C#N)cc2)o1. The molecule has 1 heterocycles. The highest BCUT2D eigenvalue weighted by atomic mass is 16.5. The van der Waals surface area contributed by atoms with Gasteiger partial charge in [-0.15, -0.1) is 10.2 Å². The lowest BCUT2D eigenvalue weighted by Crippen LogP contribution is -2.31. The standard InChI is InChI=1S/C15H18N4O3/c1-19(8-13(20)10-21-2)9-14-17-18-15(22-14)12-5-3-11(7-16)4-6-12/h3-6,13,20H,8-10H2,1-2H3. The zero-order chi connectivity index (χ0) is 15.9. The smallest absolute Gasteiger partial charge is 0.247 e. The second-order valence-corrected chi connectivity index (χ2v) is 5.00. The third-order valence-corrected chi connectivity index (χ3v) is 3.01. The molecular formula is C15H18N4O3. The maximum Gasteiger partial charge on any atom is 0.247 e. The first-order valence-corrected chi connectivity index (χ1v) is 6.81. The van der Waals surface area contributed by atoms with Crippen molar-refractivity contribution in [3.8, 4) is 17.5 Å². The summed E-state index contributed by atoms with van der Waals surface area (Å²) in [5.74, 6) is 0.872. The number of benzene rings is 1. The van der Waals surface area contributed by atoms with E-state index < -0.39 is 6.10 Å². The van der Waals surface area contributed by atoms with Crippen LogP contribution in [0.15, 0.2) is 28.7 Å². The van der Waals surface area contributed by atoms with Crippen LogP contribution < -0.4 is 0 Å². The Labute approximate surface area is 128 Å². The number of rotatable bonds is 7. The number of ether oxygens (including phenoxy) is 1. The summed E-state index contributed by atoms with van der Waals surface area (Å²) in [6, 6.07) is 8.99. The largest absolute Gasteiger partial charge is 0.419 e. The summed E-state index contributed by atoms with van der Waals surface area (Å²) in [7, 11) is 3.40. The van der Waals surface area contributed by atoms with Gasteiger partial charge in [-0.2, -0.15) is 5.26 Å². The Bertz CT molecular complexity index is 633. The highest BCUT2D eigenvalue weighted by Gasteiger charge is 2.13. The van der Waals surface area contributed by atoms with E-state index in [1.807, 2.05) is 11.9 Å². The van der Waals surface area contributed by atoms with Crippen LogP contribution in [0.3, 0.4) is 0 Å². The molecule has 2 rings (SSSR count). The average molecular weight is 302 g/mol. The van der Waals surface area contributed by atoms with Crippen molar-refractivity contribution in [1.82, 2.24) is 15.1 Å². The highest BCUT2D eigenvalue weighted by molar-refractivity contribution is 5.54. The molecule has 2 aromatic rings. The summed E-state index contributed by atoms with van der Waals surface area (Å²) in [6.07, 6.45) is -0.559. The lowest BCUT2D eigenvalue weighted by Gasteiger charge is -2.18. The van der Waals surface area contributed by atoms with E-state index >= 15 is 0 Å². The number of likely N-dealkylation sites (N-methyl/N-ethyl adjacent to an activating group) is 1. The third kappa shape index (κ3) is 4.36. The summed E-state index contributed by atoms with van der Waals surface area (Å²) in [6.45, 7) is 1.16. The fourth-order valence-corrected chi connectivity index (χ4v) is 2.02. The zero-order valence-corrected chi connectivity index (χ0v) is 12.6. The molecule has 0 aliphatic carbocycles. The van der Waals surface area contributed by atoms with Crippen LogP contribution in [0.25, 0.3) is 11.5 Å². The molecule has 0 saturated carbocycles. The molecule has 0 aliphatic heterocycles. The van der Waals surface area contributed by atoms with Gasteiger partial charge in [0.15, 0.2) is 0 Å². The molecule has 7 nitrogen and oxygen atoms in total. The van der Waals surface area contributed by atoms with Gasteiger partial charge in [0.2, 0.25) is 11.8 Å². The summed E-state index contributed by atoms with van der Waals surface area (Å²) in [5, 5.41) is 26.4.